The van der Waals surface area contributed by atoms with Crippen molar-refractivity contribution in [2.24, 2.45) is 0 Å². The number of rotatable bonds is 4. The normalized spacial score (nSPS) is 10.4. The SMILES string of the molecule is CSc1ccc(-c2ccccc2NC(=O)c2ccccc2Br)cc1. The first-order valence-corrected chi connectivity index (χ1v) is 9.50. The molecule has 0 aliphatic carbocycles. The first kappa shape index (κ1) is 16.8. The van der Waals surface area contributed by atoms with Crippen molar-refractivity contribution >= 4 is 39.3 Å². The molecule has 120 valence electrons. The predicted octanol–water partition coefficient (Wildman–Crippen LogP) is 6.09. The topological polar surface area (TPSA) is 29.1 Å². The summed E-state index contributed by atoms with van der Waals surface area (Å²) >= 11 is 5.14. The number of amides is 1. The molecule has 0 saturated carbocycles. The van der Waals surface area contributed by atoms with Gasteiger partial charge in [-0.1, -0.05) is 42.5 Å². The van der Waals surface area contributed by atoms with Crippen molar-refractivity contribution in [2.75, 3.05) is 11.6 Å². The van der Waals surface area contributed by atoms with E-state index in [0.717, 1.165) is 21.3 Å². The summed E-state index contributed by atoms with van der Waals surface area (Å²) in [5, 5.41) is 3.02. The van der Waals surface area contributed by atoms with Crippen LogP contribution < -0.4 is 5.32 Å². The molecule has 0 saturated heterocycles. The third kappa shape index (κ3) is 3.71. The van der Waals surface area contributed by atoms with E-state index < -0.39 is 0 Å². The zero-order valence-electron chi connectivity index (χ0n) is 13.1. The lowest BCUT2D eigenvalue weighted by molar-refractivity contribution is 0.102. The lowest BCUT2D eigenvalue weighted by atomic mass is 10.0. The third-order valence-corrected chi connectivity index (χ3v) is 5.13. The van der Waals surface area contributed by atoms with E-state index in [2.05, 4.69) is 51.8 Å². The van der Waals surface area contributed by atoms with Crippen LogP contribution in [0, 0.1) is 0 Å². The van der Waals surface area contributed by atoms with Crippen LogP contribution >= 0.6 is 27.7 Å². The van der Waals surface area contributed by atoms with E-state index in [1.54, 1.807) is 17.8 Å². The Balaban J connectivity index is 1.92. The molecule has 1 amide bonds. The van der Waals surface area contributed by atoms with Crippen molar-refractivity contribution < 1.29 is 4.79 Å². The van der Waals surface area contributed by atoms with Crippen LogP contribution in [0.15, 0.2) is 82.2 Å². The second-order valence-corrected chi connectivity index (χ2v) is 6.94. The molecule has 3 aromatic carbocycles. The van der Waals surface area contributed by atoms with E-state index in [4.69, 9.17) is 0 Å². The molecule has 2 nitrogen and oxygen atoms in total. The van der Waals surface area contributed by atoms with Crippen molar-refractivity contribution in [1.82, 2.24) is 0 Å². The van der Waals surface area contributed by atoms with Gasteiger partial charge in [-0.25, -0.2) is 0 Å². The van der Waals surface area contributed by atoms with Gasteiger partial charge >= 0.3 is 0 Å². The van der Waals surface area contributed by atoms with Gasteiger partial charge in [0.15, 0.2) is 0 Å². The minimum atomic E-state index is -0.129. The van der Waals surface area contributed by atoms with Crippen LogP contribution in [0.25, 0.3) is 11.1 Å². The van der Waals surface area contributed by atoms with Crippen molar-refractivity contribution in [3.05, 3.63) is 82.8 Å². The minimum Gasteiger partial charge on any atom is -0.321 e. The fourth-order valence-electron chi connectivity index (χ4n) is 2.45. The van der Waals surface area contributed by atoms with E-state index >= 15 is 0 Å². The van der Waals surface area contributed by atoms with Gasteiger partial charge in [-0.05, 0) is 58.1 Å². The summed E-state index contributed by atoms with van der Waals surface area (Å²) in [7, 11) is 0. The Labute approximate surface area is 154 Å². The molecule has 4 heteroatoms. The molecule has 0 fully saturated rings. The highest BCUT2D eigenvalue weighted by Gasteiger charge is 2.12. The summed E-state index contributed by atoms with van der Waals surface area (Å²) in [6.07, 6.45) is 2.06. The highest BCUT2D eigenvalue weighted by molar-refractivity contribution is 9.10. The Morgan fingerprint density at radius 2 is 1.58 bits per heavy atom. The molecule has 3 rings (SSSR count). The fraction of sp³-hybridized carbons (Fsp3) is 0.0500. The largest absolute Gasteiger partial charge is 0.321 e. The Bertz CT molecular complexity index is 862. The quantitative estimate of drug-likeness (QED) is 0.539. The monoisotopic (exact) mass is 397 g/mol. The highest BCUT2D eigenvalue weighted by Crippen LogP contribution is 2.30. The molecule has 0 unspecified atom stereocenters. The van der Waals surface area contributed by atoms with E-state index in [0.29, 0.717) is 5.56 Å². The second kappa shape index (κ2) is 7.69. The summed E-state index contributed by atoms with van der Waals surface area (Å²) in [4.78, 5) is 13.8. The number of carbonyl (C=O) groups is 1. The molecule has 0 aliphatic rings. The van der Waals surface area contributed by atoms with Crippen molar-refractivity contribution in [1.29, 1.82) is 0 Å². The van der Waals surface area contributed by atoms with Crippen LogP contribution in [-0.4, -0.2) is 12.2 Å². The van der Waals surface area contributed by atoms with Crippen LogP contribution in [0.3, 0.4) is 0 Å². The summed E-state index contributed by atoms with van der Waals surface area (Å²) in [5.74, 6) is -0.129. The number of nitrogens with one attached hydrogen (secondary N) is 1. The Morgan fingerprint density at radius 3 is 2.29 bits per heavy atom. The van der Waals surface area contributed by atoms with E-state index in [9.17, 15) is 4.79 Å². The molecule has 24 heavy (non-hydrogen) atoms. The van der Waals surface area contributed by atoms with Gasteiger partial charge < -0.3 is 5.32 Å². The molecule has 0 aromatic heterocycles. The molecule has 0 spiro atoms. The van der Waals surface area contributed by atoms with Gasteiger partial charge in [-0.2, -0.15) is 0 Å². The van der Waals surface area contributed by atoms with Gasteiger partial charge in [0.25, 0.3) is 5.91 Å². The summed E-state index contributed by atoms with van der Waals surface area (Å²) < 4.78 is 0.782. The fourth-order valence-corrected chi connectivity index (χ4v) is 3.32. The van der Waals surface area contributed by atoms with Gasteiger partial charge in [0.05, 0.1) is 5.56 Å². The lowest BCUT2D eigenvalue weighted by Gasteiger charge is -2.12. The number of anilines is 1. The molecular formula is C20H16BrNOS. The van der Waals surface area contributed by atoms with Gasteiger partial charge in [0.2, 0.25) is 0 Å². The minimum absolute atomic E-state index is 0.129. The first-order chi connectivity index (χ1) is 11.7. The average molecular weight is 398 g/mol. The summed E-state index contributed by atoms with van der Waals surface area (Å²) in [5.41, 5.74) is 3.50. The molecule has 0 aliphatic heterocycles. The standard InChI is InChI=1S/C20H16BrNOS/c1-24-15-12-10-14(11-13-15)16-6-3-5-9-19(16)22-20(23)17-7-2-4-8-18(17)21/h2-13H,1H3,(H,22,23). The van der Waals surface area contributed by atoms with Crippen LogP contribution in [-0.2, 0) is 0 Å². The zero-order valence-corrected chi connectivity index (χ0v) is 15.5. The summed E-state index contributed by atoms with van der Waals surface area (Å²) in [6.45, 7) is 0. The van der Waals surface area contributed by atoms with Gasteiger partial charge in [-0.15, -0.1) is 11.8 Å². The Hall–Kier alpha value is -2.04. The van der Waals surface area contributed by atoms with Crippen LogP contribution in [0.1, 0.15) is 10.4 Å². The third-order valence-electron chi connectivity index (χ3n) is 3.69. The van der Waals surface area contributed by atoms with Gasteiger partial charge in [-0.3, -0.25) is 4.79 Å². The molecule has 0 heterocycles. The van der Waals surface area contributed by atoms with E-state index in [-0.39, 0.29) is 5.91 Å². The number of hydrogen-bond donors (Lipinski definition) is 1. The predicted molar refractivity (Wildman–Crippen MR) is 106 cm³/mol. The Morgan fingerprint density at radius 1 is 0.917 bits per heavy atom. The molecule has 3 aromatic rings. The molecule has 0 bridgehead atoms. The first-order valence-electron chi connectivity index (χ1n) is 7.48. The van der Waals surface area contributed by atoms with Gasteiger partial charge in [0.1, 0.15) is 0 Å². The van der Waals surface area contributed by atoms with Crippen LogP contribution in [0.5, 0.6) is 0 Å². The molecule has 1 N–H and O–H groups in total. The molecular weight excluding hydrogens is 382 g/mol. The average Bonchev–Trinajstić information content (AvgIpc) is 2.62. The number of para-hydroxylation sites is 1. The maximum atomic E-state index is 12.6. The number of benzene rings is 3. The smallest absolute Gasteiger partial charge is 0.256 e. The van der Waals surface area contributed by atoms with Crippen molar-refractivity contribution in [2.45, 2.75) is 4.90 Å². The van der Waals surface area contributed by atoms with Crippen LogP contribution in [0.4, 0.5) is 5.69 Å². The highest BCUT2D eigenvalue weighted by atomic mass is 79.9. The van der Waals surface area contributed by atoms with Crippen LogP contribution in [0.2, 0.25) is 0 Å². The molecule has 0 atom stereocenters. The molecule has 0 radical (unpaired) electrons. The maximum Gasteiger partial charge on any atom is 0.256 e. The van der Waals surface area contributed by atoms with Crippen molar-refractivity contribution in [3.63, 3.8) is 0 Å². The summed E-state index contributed by atoms with van der Waals surface area (Å²) in [6, 6.07) is 23.6. The maximum absolute atomic E-state index is 12.6. The van der Waals surface area contributed by atoms with E-state index in [1.807, 2.05) is 42.5 Å². The van der Waals surface area contributed by atoms with Crippen molar-refractivity contribution in [3.8, 4) is 11.1 Å². The Kier molecular flexibility index (Phi) is 5.38. The number of thioether (sulfide) groups is 1. The number of hydrogen-bond acceptors (Lipinski definition) is 2. The number of carbonyl (C=O) groups excluding carboxylic acids is 1. The van der Waals surface area contributed by atoms with Gasteiger partial charge in [0, 0.05) is 20.6 Å². The second-order valence-electron chi connectivity index (χ2n) is 5.21. The lowest BCUT2D eigenvalue weighted by Crippen LogP contribution is -2.13. The zero-order chi connectivity index (χ0) is 16.9. The number of halogens is 1. The van der Waals surface area contributed by atoms with E-state index in [1.165, 1.54) is 4.90 Å².